The molecule has 1 heterocycles. The van der Waals surface area contributed by atoms with Crippen molar-refractivity contribution >= 4 is 17.5 Å². The molecule has 0 aliphatic heterocycles. The first-order chi connectivity index (χ1) is 9.09. The summed E-state index contributed by atoms with van der Waals surface area (Å²) in [5.74, 6) is 0.0925. The Labute approximate surface area is 116 Å². The summed E-state index contributed by atoms with van der Waals surface area (Å²) in [7, 11) is 0. The molecule has 1 amide bonds. The number of aliphatic hydroxyl groups is 1. The number of hydrogen-bond donors (Lipinski definition) is 2. The summed E-state index contributed by atoms with van der Waals surface area (Å²) < 4.78 is 5.05. The minimum atomic E-state index is -0.873. The van der Waals surface area contributed by atoms with Crippen LogP contribution in [0.1, 0.15) is 27.8 Å². The summed E-state index contributed by atoms with van der Waals surface area (Å²) in [5, 5.41) is 12.8. The minimum absolute atomic E-state index is 0.0661. The number of carbonyl (C=O) groups excluding carboxylic acids is 1. The van der Waals surface area contributed by atoms with E-state index < -0.39 is 6.10 Å². The van der Waals surface area contributed by atoms with Crippen molar-refractivity contribution in [3.05, 3.63) is 58.5 Å². The highest BCUT2D eigenvalue weighted by molar-refractivity contribution is 6.34. The molecule has 1 unspecified atom stereocenters. The highest BCUT2D eigenvalue weighted by Crippen LogP contribution is 2.20. The molecule has 0 bridgehead atoms. The average molecular weight is 280 g/mol. The van der Waals surface area contributed by atoms with E-state index >= 15 is 0 Å². The molecule has 1 aromatic carbocycles. The van der Waals surface area contributed by atoms with Crippen LogP contribution in [0, 0.1) is 6.92 Å². The maximum Gasteiger partial charge on any atom is 0.252 e. The van der Waals surface area contributed by atoms with Crippen LogP contribution < -0.4 is 5.32 Å². The Balaban J connectivity index is 2.00. The number of benzene rings is 1. The standard InChI is InChI=1S/C14H14ClNO3/c1-9-4-2-5-10(13(9)15)14(18)16-8-11(17)12-6-3-7-19-12/h2-7,11,17H,8H2,1H3,(H,16,18). The molecule has 0 radical (unpaired) electrons. The number of amides is 1. The molecule has 4 nitrogen and oxygen atoms in total. The summed E-state index contributed by atoms with van der Waals surface area (Å²) in [6.45, 7) is 1.90. The van der Waals surface area contributed by atoms with E-state index in [0.29, 0.717) is 16.3 Å². The molecule has 1 aromatic heterocycles. The van der Waals surface area contributed by atoms with Crippen LogP contribution in [-0.4, -0.2) is 17.6 Å². The third-order valence-corrected chi connectivity index (χ3v) is 3.27. The van der Waals surface area contributed by atoms with Gasteiger partial charge in [0.15, 0.2) is 0 Å². The van der Waals surface area contributed by atoms with Gasteiger partial charge in [-0.25, -0.2) is 0 Å². The van der Waals surface area contributed by atoms with Gasteiger partial charge in [0, 0.05) is 0 Å². The van der Waals surface area contributed by atoms with Crippen LogP contribution in [0.4, 0.5) is 0 Å². The van der Waals surface area contributed by atoms with Gasteiger partial charge in [0.1, 0.15) is 11.9 Å². The summed E-state index contributed by atoms with van der Waals surface area (Å²) >= 11 is 6.06. The van der Waals surface area contributed by atoms with E-state index in [2.05, 4.69) is 5.32 Å². The van der Waals surface area contributed by atoms with Crippen molar-refractivity contribution in [2.24, 2.45) is 0 Å². The molecule has 100 valence electrons. The number of furan rings is 1. The second kappa shape index (κ2) is 5.91. The minimum Gasteiger partial charge on any atom is -0.467 e. The number of carbonyl (C=O) groups is 1. The topological polar surface area (TPSA) is 62.5 Å². The first-order valence-corrected chi connectivity index (χ1v) is 6.22. The third kappa shape index (κ3) is 3.16. The number of rotatable bonds is 4. The molecule has 0 aliphatic carbocycles. The van der Waals surface area contributed by atoms with Gasteiger partial charge in [-0.05, 0) is 30.7 Å². The fraction of sp³-hybridized carbons (Fsp3) is 0.214. The quantitative estimate of drug-likeness (QED) is 0.904. The van der Waals surface area contributed by atoms with E-state index in [1.165, 1.54) is 6.26 Å². The molecule has 0 spiro atoms. The lowest BCUT2D eigenvalue weighted by Gasteiger charge is -2.11. The predicted molar refractivity (Wildman–Crippen MR) is 72.2 cm³/mol. The van der Waals surface area contributed by atoms with Gasteiger partial charge >= 0.3 is 0 Å². The zero-order valence-electron chi connectivity index (χ0n) is 10.4. The van der Waals surface area contributed by atoms with Crippen LogP contribution >= 0.6 is 11.6 Å². The normalized spacial score (nSPS) is 12.2. The van der Waals surface area contributed by atoms with E-state index in [9.17, 15) is 9.90 Å². The van der Waals surface area contributed by atoms with Crippen LogP contribution in [0.25, 0.3) is 0 Å². The van der Waals surface area contributed by atoms with Crippen LogP contribution in [0.3, 0.4) is 0 Å². The molecule has 0 fully saturated rings. The zero-order chi connectivity index (χ0) is 13.8. The lowest BCUT2D eigenvalue weighted by Crippen LogP contribution is -2.28. The SMILES string of the molecule is Cc1cccc(C(=O)NCC(O)c2ccco2)c1Cl. The summed E-state index contributed by atoms with van der Waals surface area (Å²) in [6, 6.07) is 8.56. The zero-order valence-corrected chi connectivity index (χ0v) is 11.1. The predicted octanol–water partition coefficient (Wildman–Crippen LogP) is 2.70. The Morgan fingerprint density at radius 2 is 2.21 bits per heavy atom. The molecule has 2 rings (SSSR count). The van der Waals surface area contributed by atoms with E-state index in [0.717, 1.165) is 5.56 Å². The Morgan fingerprint density at radius 3 is 2.89 bits per heavy atom. The highest BCUT2D eigenvalue weighted by atomic mass is 35.5. The Kier molecular flexibility index (Phi) is 4.24. The molecule has 0 saturated heterocycles. The van der Waals surface area contributed by atoms with Gasteiger partial charge in [0.25, 0.3) is 5.91 Å². The van der Waals surface area contributed by atoms with E-state index in [4.69, 9.17) is 16.0 Å². The van der Waals surface area contributed by atoms with E-state index in [-0.39, 0.29) is 12.5 Å². The van der Waals surface area contributed by atoms with Crippen molar-refractivity contribution in [1.82, 2.24) is 5.32 Å². The van der Waals surface area contributed by atoms with Gasteiger partial charge < -0.3 is 14.8 Å². The van der Waals surface area contributed by atoms with Crippen molar-refractivity contribution in [3.63, 3.8) is 0 Å². The van der Waals surface area contributed by atoms with Gasteiger partial charge in [0.2, 0.25) is 0 Å². The maximum absolute atomic E-state index is 12.0. The molecule has 0 aliphatic rings. The lowest BCUT2D eigenvalue weighted by molar-refractivity contribution is 0.0901. The molecule has 1 atom stereocenters. The smallest absolute Gasteiger partial charge is 0.252 e. The summed E-state index contributed by atoms with van der Waals surface area (Å²) in [5.41, 5.74) is 1.23. The number of hydrogen-bond acceptors (Lipinski definition) is 3. The molecule has 0 saturated carbocycles. The lowest BCUT2D eigenvalue weighted by atomic mass is 10.1. The summed E-state index contributed by atoms with van der Waals surface area (Å²) in [6.07, 6.45) is 0.597. The van der Waals surface area contributed by atoms with Gasteiger partial charge in [-0.1, -0.05) is 23.7 Å². The second-order valence-corrected chi connectivity index (χ2v) is 4.56. The molecular weight excluding hydrogens is 266 g/mol. The summed E-state index contributed by atoms with van der Waals surface area (Å²) in [4.78, 5) is 12.0. The monoisotopic (exact) mass is 279 g/mol. The second-order valence-electron chi connectivity index (χ2n) is 4.18. The van der Waals surface area contributed by atoms with E-state index in [1.54, 1.807) is 24.3 Å². The van der Waals surface area contributed by atoms with Gasteiger partial charge in [-0.15, -0.1) is 0 Å². The van der Waals surface area contributed by atoms with Crippen molar-refractivity contribution in [2.75, 3.05) is 6.54 Å². The third-order valence-electron chi connectivity index (χ3n) is 2.76. The molecule has 2 N–H and O–H groups in total. The Bertz CT molecular complexity index is 566. The number of aryl methyl sites for hydroxylation is 1. The first kappa shape index (κ1) is 13.6. The average Bonchev–Trinajstić information content (AvgIpc) is 2.93. The van der Waals surface area contributed by atoms with Gasteiger partial charge in [-0.3, -0.25) is 4.79 Å². The van der Waals surface area contributed by atoms with Crippen molar-refractivity contribution in [2.45, 2.75) is 13.0 Å². The van der Waals surface area contributed by atoms with Crippen LogP contribution in [0.15, 0.2) is 41.0 Å². The van der Waals surface area contributed by atoms with Crippen LogP contribution in [-0.2, 0) is 0 Å². The van der Waals surface area contributed by atoms with Crippen molar-refractivity contribution in [1.29, 1.82) is 0 Å². The Hall–Kier alpha value is -1.78. The van der Waals surface area contributed by atoms with Crippen molar-refractivity contribution < 1.29 is 14.3 Å². The maximum atomic E-state index is 12.0. The van der Waals surface area contributed by atoms with Crippen LogP contribution in [0.5, 0.6) is 0 Å². The van der Waals surface area contributed by atoms with E-state index in [1.807, 2.05) is 13.0 Å². The number of aliphatic hydroxyl groups excluding tert-OH is 1. The van der Waals surface area contributed by atoms with Gasteiger partial charge in [0.05, 0.1) is 23.4 Å². The number of halogens is 1. The van der Waals surface area contributed by atoms with Gasteiger partial charge in [-0.2, -0.15) is 0 Å². The molecule has 2 aromatic rings. The molecular formula is C14H14ClNO3. The Morgan fingerprint density at radius 1 is 1.42 bits per heavy atom. The first-order valence-electron chi connectivity index (χ1n) is 5.84. The van der Waals surface area contributed by atoms with Crippen molar-refractivity contribution in [3.8, 4) is 0 Å². The number of nitrogens with one attached hydrogen (secondary N) is 1. The molecule has 19 heavy (non-hydrogen) atoms. The fourth-order valence-corrected chi connectivity index (χ4v) is 1.90. The largest absolute Gasteiger partial charge is 0.467 e. The van der Waals surface area contributed by atoms with Crippen LogP contribution in [0.2, 0.25) is 5.02 Å². The highest BCUT2D eigenvalue weighted by Gasteiger charge is 2.15. The fourth-order valence-electron chi connectivity index (χ4n) is 1.69. The molecule has 5 heteroatoms.